The lowest BCUT2D eigenvalue weighted by molar-refractivity contribution is -0.134. The Balaban J connectivity index is 1.62. The van der Waals surface area contributed by atoms with Crippen LogP contribution in [0.25, 0.3) is 0 Å². The molecule has 1 aliphatic rings. The topological polar surface area (TPSA) is 116 Å². The Morgan fingerprint density at radius 1 is 1.10 bits per heavy atom. The number of amides is 2. The van der Waals surface area contributed by atoms with Crippen molar-refractivity contribution in [2.24, 2.45) is 5.92 Å². The number of ether oxygens (including phenoxy) is 1. The van der Waals surface area contributed by atoms with Gasteiger partial charge in [-0.15, -0.1) is 0 Å². The molecular weight excluding hydrogens is 542 g/mol. The standard InChI is InChI=1S/C31H37N3O6S/c1-22-19-34(23(2)21-35)31(37)18-25-17-26(32-30(36)16-24-10-6-4-7-11-24)14-15-28(25)40-29(22)20-33(3)41(38,39)27-12-8-5-9-13-27/h4-15,17,22-23,29,35H,16,18-21H2,1-3H3,(H,32,36)/t22-,23-,29-/m0/s1. The van der Waals surface area contributed by atoms with Crippen LogP contribution in [0.4, 0.5) is 5.69 Å². The summed E-state index contributed by atoms with van der Waals surface area (Å²) < 4.78 is 34.2. The second-order valence-electron chi connectivity index (χ2n) is 10.5. The zero-order valence-electron chi connectivity index (χ0n) is 23.6. The summed E-state index contributed by atoms with van der Waals surface area (Å²) in [5.41, 5.74) is 1.97. The van der Waals surface area contributed by atoms with Crippen LogP contribution >= 0.6 is 0 Å². The molecule has 0 fully saturated rings. The molecular formula is C31H37N3O6S. The number of anilines is 1. The number of rotatable bonds is 9. The molecule has 2 N–H and O–H groups in total. The van der Waals surface area contributed by atoms with Crippen LogP contribution < -0.4 is 10.1 Å². The van der Waals surface area contributed by atoms with Crippen LogP contribution in [0, 0.1) is 5.92 Å². The number of aliphatic hydroxyl groups excluding tert-OH is 1. The van der Waals surface area contributed by atoms with Crippen molar-refractivity contribution in [1.29, 1.82) is 0 Å². The number of hydrogen-bond acceptors (Lipinski definition) is 6. The number of likely N-dealkylation sites (N-methyl/N-ethyl adjacent to an activating group) is 1. The van der Waals surface area contributed by atoms with Crippen molar-refractivity contribution >= 4 is 27.5 Å². The van der Waals surface area contributed by atoms with Gasteiger partial charge in [-0.2, -0.15) is 4.31 Å². The van der Waals surface area contributed by atoms with Crippen molar-refractivity contribution < 1.29 is 27.9 Å². The third kappa shape index (κ3) is 7.52. The molecule has 0 spiro atoms. The van der Waals surface area contributed by atoms with E-state index in [1.54, 1.807) is 60.4 Å². The summed E-state index contributed by atoms with van der Waals surface area (Å²) in [7, 11) is -2.26. The highest BCUT2D eigenvalue weighted by Gasteiger charge is 2.33. The lowest BCUT2D eigenvalue weighted by Crippen LogP contribution is -2.48. The van der Waals surface area contributed by atoms with E-state index in [4.69, 9.17) is 4.74 Å². The highest BCUT2D eigenvalue weighted by molar-refractivity contribution is 7.89. The number of carbonyl (C=O) groups is 2. The minimum atomic E-state index is -3.78. The van der Waals surface area contributed by atoms with Gasteiger partial charge in [0.2, 0.25) is 21.8 Å². The largest absolute Gasteiger partial charge is 0.488 e. The van der Waals surface area contributed by atoms with Gasteiger partial charge in [-0.1, -0.05) is 55.5 Å². The van der Waals surface area contributed by atoms with Gasteiger partial charge >= 0.3 is 0 Å². The summed E-state index contributed by atoms with van der Waals surface area (Å²) in [5.74, 6) is -0.207. The molecule has 0 aliphatic carbocycles. The molecule has 0 saturated carbocycles. The van der Waals surface area contributed by atoms with Crippen molar-refractivity contribution in [3.05, 3.63) is 90.0 Å². The molecule has 41 heavy (non-hydrogen) atoms. The molecule has 218 valence electrons. The molecule has 0 bridgehead atoms. The van der Waals surface area contributed by atoms with Gasteiger partial charge in [0.15, 0.2) is 0 Å². The van der Waals surface area contributed by atoms with Crippen molar-refractivity contribution in [2.45, 2.75) is 43.7 Å². The molecule has 0 radical (unpaired) electrons. The molecule has 0 unspecified atom stereocenters. The Morgan fingerprint density at radius 2 is 1.76 bits per heavy atom. The number of benzene rings is 3. The van der Waals surface area contributed by atoms with Crippen LogP contribution in [0.1, 0.15) is 25.0 Å². The maximum atomic E-state index is 13.4. The fourth-order valence-corrected chi connectivity index (χ4v) is 6.04. The van der Waals surface area contributed by atoms with Gasteiger partial charge in [0, 0.05) is 30.8 Å². The smallest absolute Gasteiger partial charge is 0.242 e. The summed E-state index contributed by atoms with van der Waals surface area (Å²) >= 11 is 0. The fraction of sp³-hybridized carbons (Fsp3) is 0.355. The molecule has 4 rings (SSSR count). The van der Waals surface area contributed by atoms with Gasteiger partial charge in [0.25, 0.3) is 0 Å². The van der Waals surface area contributed by atoms with E-state index in [1.165, 1.54) is 11.4 Å². The lowest BCUT2D eigenvalue weighted by atomic mass is 10.0. The molecule has 0 saturated heterocycles. The molecule has 10 heteroatoms. The van der Waals surface area contributed by atoms with E-state index in [0.29, 0.717) is 17.0 Å². The predicted molar refractivity (Wildman–Crippen MR) is 157 cm³/mol. The van der Waals surface area contributed by atoms with E-state index < -0.39 is 22.2 Å². The number of fused-ring (bicyclic) bond motifs is 1. The number of carbonyl (C=O) groups excluding carboxylic acids is 2. The van der Waals surface area contributed by atoms with Crippen molar-refractivity contribution in [2.75, 3.05) is 32.1 Å². The van der Waals surface area contributed by atoms with Gasteiger partial charge < -0.3 is 20.1 Å². The SMILES string of the molecule is C[C@H]1CN([C@@H](C)CO)C(=O)Cc2cc(NC(=O)Cc3ccccc3)ccc2O[C@H]1CN(C)S(=O)(=O)c1ccccc1. The van der Waals surface area contributed by atoms with E-state index >= 15 is 0 Å². The first kappa shape index (κ1) is 30.2. The summed E-state index contributed by atoms with van der Waals surface area (Å²) in [6, 6.07) is 22.3. The minimum absolute atomic E-state index is 0.000335. The van der Waals surface area contributed by atoms with Crippen LogP contribution in [-0.4, -0.2) is 73.4 Å². The van der Waals surface area contributed by atoms with Gasteiger partial charge in [-0.3, -0.25) is 9.59 Å². The fourth-order valence-electron chi connectivity index (χ4n) is 4.84. The van der Waals surface area contributed by atoms with E-state index in [9.17, 15) is 23.1 Å². The molecule has 1 heterocycles. The molecule has 9 nitrogen and oxygen atoms in total. The van der Waals surface area contributed by atoms with Gasteiger partial charge in [-0.05, 0) is 42.8 Å². The Bertz CT molecular complexity index is 1450. The number of nitrogens with zero attached hydrogens (tertiary/aromatic N) is 2. The van der Waals surface area contributed by atoms with E-state index in [0.717, 1.165) is 5.56 Å². The normalized spacial score (nSPS) is 18.5. The Morgan fingerprint density at radius 3 is 2.41 bits per heavy atom. The van der Waals surface area contributed by atoms with E-state index in [1.807, 2.05) is 37.3 Å². The highest BCUT2D eigenvalue weighted by Crippen LogP contribution is 2.30. The average molecular weight is 580 g/mol. The Kier molecular flexibility index (Phi) is 9.80. The van der Waals surface area contributed by atoms with Crippen molar-refractivity contribution in [3.63, 3.8) is 0 Å². The van der Waals surface area contributed by atoms with Gasteiger partial charge in [-0.25, -0.2) is 8.42 Å². The number of nitrogens with one attached hydrogen (secondary N) is 1. The number of sulfonamides is 1. The van der Waals surface area contributed by atoms with Crippen LogP contribution in [-0.2, 0) is 32.5 Å². The molecule has 3 atom stereocenters. The zero-order chi connectivity index (χ0) is 29.6. The van der Waals surface area contributed by atoms with Gasteiger partial charge in [0.05, 0.1) is 36.9 Å². The van der Waals surface area contributed by atoms with Crippen LogP contribution in [0.15, 0.2) is 83.8 Å². The zero-order valence-corrected chi connectivity index (χ0v) is 24.4. The number of hydrogen-bond donors (Lipinski definition) is 2. The Hall–Kier alpha value is -3.73. The van der Waals surface area contributed by atoms with Crippen molar-refractivity contribution in [1.82, 2.24) is 9.21 Å². The first-order chi connectivity index (χ1) is 19.6. The van der Waals surface area contributed by atoms with E-state index in [2.05, 4.69) is 5.32 Å². The van der Waals surface area contributed by atoms with Crippen molar-refractivity contribution in [3.8, 4) is 5.75 Å². The maximum absolute atomic E-state index is 13.4. The highest BCUT2D eigenvalue weighted by atomic mass is 32.2. The van der Waals surface area contributed by atoms with Crippen LogP contribution in [0.3, 0.4) is 0 Å². The maximum Gasteiger partial charge on any atom is 0.242 e. The second-order valence-corrected chi connectivity index (χ2v) is 12.6. The average Bonchev–Trinajstić information content (AvgIpc) is 3.01. The predicted octanol–water partition coefficient (Wildman–Crippen LogP) is 3.34. The second kappa shape index (κ2) is 13.3. The third-order valence-corrected chi connectivity index (χ3v) is 9.13. The molecule has 2 amide bonds. The van der Waals surface area contributed by atoms with Crippen LogP contribution in [0.5, 0.6) is 5.75 Å². The summed E-state index contributed by atoms with van der Waals surface area (Å²) in [4.78, 5) is 27.9. The quantitative estimate of drug-likeness (QED) is 0.402. The monoisotopic (exact) mass is 579 g/mol. The molecule has 3 aromatic rings. The lowest BCUT2D eigenvalue weighted by Gasteiger charge is -2.33. The summed E-state index contributed by atoms with van der Waals surface area (Å²) in [5, 5.41) is 12.8. The Labute approximate surface area is 241 Å². The first-order valence-corrected chi connectivity index (χ1v) is 15.1. The third-order valence-electron chi connectivity index (χ3n) is 7.30. The molecule has 1 aliphatic heterocycles. The first-order valence-electron chi connectivity index (χ1n) is 13.6. The summed E-state index contributed by atoms with van der Waals surface area (Å²) in [6.07, 6.45) is -0.397. The molecule has 0 aromatic heterocycles. The molecule has 3 aromatic carbocycles. The minimum Gasteiger partial charge on any atom is -0.488 e. The summed E-state index contributed by atoms with van der Waals surface area (Å²) in [6.45, 7) is 3.78. The van der Waals surface area contributed by atoms with Gasteiger partial charge in [0.1, 0.15) is 11.9 Å². The van der Waals surface area contributed by atoms with Crippen LogP contribution in [0.2, 0.25) is 0 Å². The van der Waals surface area contributed by atoms with E-state index in [-0.39, 0.29) is 55.2 Å². The number of aliphatic hydroxyl groups is 1.